The van der Waals surface area contributed by atoms with Gasteiger partial charge in [-0.25, -0.2) is 14.6 Å². The first-order chi connectivity index (χ1) is 11.7. The Morgan fingerprint density at radius 2 is 1.79 bits per heavy atom. The Hall–Kier alpha value is -1.83. The molecule has 3 amide bonds. The van der Waals surface area contributed by atoms with Gasteiger partial charge in [-0.1, -0.05) is 6.42 Å². The molecule has 1 N–H and O–H groups in total. The Labute approximate surface area is 146 Å². The predicted octanol–water partition coefficient (Wildman–Crippen LogP) is 2.72. The zero-order valence-corrected chi connectivity index (χ0v) is 14.9. The fraction of sp³-hybridized carbons (Fsp3) is 0.688. The molecular weight excluding hydrogens is 328 g/mol. The van der Waals surface area contributed by atoms with E-state index in [9.17, 15) is 9.59 Å². The van der Waals surface area contributed by atoms with Gasteiger partial charge in [0.25, 0.3) is 0 Å². The highest BCUT2D eigenvalue weighted by atomic mass is 32.1. The van der Waals surface area contributed by atoms with Crippen molar-refractivity contribution in [3.8, 4) is 0 Å². The van der Waals surface area contributed by atoms with Crippen LogP contribution >= 0.6 is 11.3 Å². The number of carbonyl (C=O) groups excluding carboxylic acids is 2. The van der Waals surface area contributed by atoms with Crippen LogP contribution in [0.25, 0.3) is 0 Å². The molecule has 0 unspecified atom stereocenters. The van der Waals surface area contributed by atoms with E-state index in [1.807, 2.05) is 0 Å². The fourth-order valence-corrected chi connectivity index (χ4v) is 4.22. The second-order valence-electron chi connectivity index (χ2n) is 6.18. The highest BCUT2D eigenvalue weighted by Crippen LogP contribution is 2.29. The number of aryl methyl sites for hydroxylation is 2. The molecule has 0 radical (unpaired) electrons. The number of carbonyl (C=O) groups is 2. The average molecular weight is 352 g/mol. The van der Waals surface area contributed by atoms with Crippen LogP contribution in [0, 0.1) is 0 Å². The third kappa shape index (κ3) is 3.98. The summed E-state index contributed by atoms with van der Waals surface area (Å²) in [4.78, 5) is 33.4. The third-order valence-corrected chi connectivity index (χ3v) is 5.60. The number of methoxy groups -OCH3 is 1. The van der Waals surface area contributed by atoms with Gasteiger partial charge < -0.3 is 14.5 Å². The first kappa shape index (κ1) is 17.0. The second-order valence-corrected chi connectivity index (χ2v) is 7.26. The summed E-state index contributed by atoms with van der Waals surface area (Å²) in [7, 11) is 1.38. The zero-order chi connectivity index (χ0) is 16.9. The van der Waals surface area contributed by atoms with E-state index < -0.39 is 0 Å². The van der Waals surface area contributed by atoms with Crippen molar-refractivity contribution in [3.63, 3.8) is 0 Å². The fourth-order valence-electron chi connectivity index (χ4n) is 3.18. The van der Waals surface area contributed by atoms with Crippen LogP contribution in [-0.4, -0.2) is 60.2 Å². The molecule has 0 saturated carbocycles. The lowest BCUT2D eigenvalue weighted by Gasteiger charge is -2.21. The van der Waals surface area contributed by atoms with Crippen molar-refractivity contribution in [3.05, 3.63) is 10.6 Å². The highest BCUT2D eigenvalue weighted by molar-refractivity contribution is 7.15. The highest BCUT2D eigenvalue weighted by Gasteiger charge is 2.23. The second kappa shape index (κ2) is 7.83. The molecule has 7 nitrogen and oxygen atoms in total. The van der Waals surface area contributed by atoms with Crippen molar-refractivity contribution in [2.45, 2.75) is 38.5 Å². The molecule has 2 aliphatic rings. The lowest BCUT2D eigenvalue weighted by molar-refractivity contribution is 0.125. The van der Waals surface area contributed by atoms with Gasteiger partial charge >= 0.3 is 12.1 Å². The summed E-state index contributed by atoms with van der Waals surface area (Å²) in [5.41, 5.74) is 1.15. The monoisotopic (exact) mass is 352 g/mol. The number of ether oxygens (including phenoxy) is 1. The minimum Gasteiger partial charge on any atom is -0.453 e. The number of thiazole rings is 1. The molecule has 0 atom stereocenters. The first-order valence-corrected chi connectivity index (χ1v) is 9.36. The van der Waals surface area contributed by atoms with Gasteiger partial charge in [0.05, 0.1) is 12.8 Å². The number of amides is 3. The van der Waals surface area contributed by atoms with Gasteiger partial charge in [0.2, 0.25) is 0 Å². The molecule has 132 valence electrons. The van der Waals surface area contributed by atoms with Crippen molar-refractivity contribution in [1.29, 1.82) is 0 Å². The Morgan fingerprint density at radius 3 is 2.62 bits per heavy atom. The van der Waals surface area contributed by atoms with Crippen LogP contribution < -0.4 is 5.32 Å². The van der Waals surface area contributed by atoms with E-state index >= 15 is 0 Å². The number of hydrogen-bond acceptors (Lipinski definition) is 5. The van der Waals surface area contributed by atoms with E-state index in [0.717, 1.165) is 25.0 Å². The van der Waals surface area contributed by atoms with Crippen molar-refractivity contribution >= 4 is 28.6 Å². The van der Waals surface area contributed by atoms with Crippen molar-refractivity contribution in [1.82, 2.24) is 14.8 Å². The molecule has 0 aromatic carbocycles. The van der Waals surface area contributed by atoms with E-state index in [2.05, 4.69) is 10.3 Å². The Kier molecular flexibility index (Phi) is 5.55. The molecule has 2 heterocycles. The van der Waals surface area contributed by atoms with Crippen molar-refractivity contribution in [2.75, 3.05) is 38.6 Å². The number of nitrogens with zero attached hydrogens (tertiary/aromatic N) is 3. The minimum atomic E-state index is -0.332. The molecule has 1 saturated heterocycles. The van der Waals surface area contributed by atoms with Gasteiger partial charge in [-0.2, -0.15) is 0 Å². The Bertz CT molecular complexity index is 581. The van der Waals surface area contributed by atoms with Gasteiger partial charge in [0, 0.05) is 31.1 Å². The largest absolute Gasteiger partial charge is 0.453 e. The summed E-state index contributed by atoms with van der Waals surface area (Å²) < 4.78 is 4.75. The van der Waals surface area contributed by atoms with E-state index in [1.165, 1.54) is 31.2 Å². The molecule has 1 aromatic heterocycles. The number of hydrogen-bond donors (Lipinski definition) is 1. The third-order valence-electron chi connectivity index (χ3n) is 4.53. The van der Waals surface area contributed by atoms with Crippen LogP contribution in [-0.2, 0) is 17.6 Å². The van der Waals surface area contributed by atoms with Gasteiger partial charge in [-0.15, -0.1) is 11.3 Å². The average Bonchev–Trinajstić information content (AvgIpc) is 2.77. The smallest absolute Gasteiger partial charge is 0.409 e. The van der Waals surface area contributed by atoms with E-state index in [0.29, 0.717) is 31.3 Å². The maximum absolute atomic E-state index is 12.5. The predicted molar refractivity (Wildman–Crippen MR) is 92.6 cm³/mol. The van der Waals surface area contributed by atoms with Crippen LogP contribution in [0.1, 0.15) is 36.3 Å². The molecule has 1 aliphatic heterocycles. The Morgan fingerprint density at radius 1 is 1.04 bits per heavy atom. The quantitative estimate of drug-likeness (QED) is 0.789. The number of anilines is 1. The summed E-state index contributed by atoms with van der Waals surface area (Å²) >= 11 is 1.60. The summed E-state index contributed by atoms with van der Waals surface area (Å²) in [6.07, 6.45) is 6.14. The number of rotatable bonds is 1. The Balaban J connectivity index is 1.58. The summed E-state index contributed by atoms with van der Waals surface area (Å²) in [6.45, 7) is 2.24. The number of aromatic nitrogens is 1. The van der Waals surface area contributed by atoms with Crippen LogP contribution in [0.15, 0.2) is 0 Å². The van der Waals surface area contributed by atoms with E-state index in [-0.39, 0.29) is 12.1 Å². The lowest BCUT2D eigenvalue weighted by Crippen LogP contribution is -2.39. The van der Waals surface area contributed by atoms with Crippen molar-refractivity contribution in [2.24, 2.45) is 0 Å². The molecule has 8 heteroatoms. The maximum Gasteiger partial charge on any atom is 0.409 e. The number of fused-ring (bicyclic) bond motifs is 1. The van der Waals surface area contributed by atoms with Crippen LogP contribution in [0.4, 0.5) is 14.7 Å². The van der Waals surface area contributed by atoms with Crippen LogP contribution in [0.3, 0.4) is 0 Å². The molecule has 0 spiro atoms. The van der Waals surface area contributed by atoms with Gasteiger partial charge in [0.15, 0.2) is 5.13 Å². The molecule has 3 rings (SSSR count). The van der Waals surface area contributed by atoms with E-state index in [1.54, 1.807) is 21.1 Å². The SMILES string of the molecule is COC(=O)N1CCCN(C(=O)Nc2nc3c(s2)CCCCC3)CC1. The molecular formula is C16H24N4O3S. The summed E-state index contributed by atoms with van der Waals surface area (Å²) in [5, 5.41) is 3.63. The summed E-state index contributed by atoms with van der Waals surface area (Å²) in [6, 6.07) is -0.134. The molecule has 1 aromatic rings. The molecule has 1 fully saturated rings. The summed E-state index contributed by atoms with van der Waals surface area (Å²) in [5.74, 6) is 0. The van der Waals surface area contributed by atoms with Gasteiger partial charge in [0.1, 0.15) is 0 Å². The normalized spacial score (nSPS) is 18.4. The zero-order valence-electron chi connectivity index (χ0n) is 14.0. The van der Waals surface area contributed by atoms with Crippen LogP contribution in [0.2, 0.25) is 0 Å². The minimum absolute atomic E-state index is 0.134. The lowest BCUT2D eigenvalue weighted by atomic mass is 10.2. The topological polar surface area (TPSA) is 74.8 Å². The van der Waals surface area contributed by atoms with Crippen molar-refractivity contribution < 1.29 is 14.3 Å². The number of nitrogens with one attached hydrogen (secondary N) is 1. The van der Waals surface area contributed by atoms with Crippen LogP contribution in [0.5, 0.6) is 0 Å². The molecule has 1 aliphatic carbocycles. The first-order valence-electron chi connectivity index (χ1n) is 8.55. The standard InChI is InChI=1S/C16H24N4O3S/c1-23-16(22)20-9-5-8-19(10-11-20)15(21)18-14-17-12-6-3-2-4-7-13(12)24-14/h2-11H2,1H3,(H,17,18,21). The molecule has 0 bridgehead atoms. The van der Waals surface area contributed by atoms with E-state index in [4.69, 9.17) is 4.74 Å². The molecule has 24 heavy (non-hydrogen) atoms. The van der Waals surface area contributed by atoms with Gasteiger partial charge in [-0.3, -0.25) is 5.32 Å². The van der Waals surface area contributed by atoms with Gasteiger partial charge in [-0.05, 0) is 32.1 Å². The maximum atomic E-state index is 12.5. The number of urea groups is 1.